The number of hydrogen-bond acceptors (Lipinski definition) is 2. The van der Waals surface area contributed by atoms with Gasteiger partial charge in [-0.3, -0.25) is 0 Å². The molecule has 1 aromatic carbocycles. The van der Waals surface area contributed by atoms with Crippen LogP contribution in [0, 0.1) is 5.92 Å². The Balaban J connectivity index is 2.00. The Labute approximate surface area is 97.0 Å². The van der Waals surface area contributed by atoms with E-state index >= 15 is 0 Å². The number of benzene rings is 1. The van der Waals surface area contributed by atoms with Crippen molar-refractivity contribution in [1.29, 1.82) is 0 Å². The van der Waals surface area contributed by atoms with E-state index in [1.807, 2.05) is 0 Å². The van der Waals surface area contributed by atoms with Gasteiger partial charge in [-0.2, -0.15) is 0 Å². The molecule has 0 unspecified atom stereocenters. The van der Waals surface area contributed by atoms with Crippen LogP contribution in [0.4, 0.5) is 13.2 Å². The molecule has 0 amide bonds. The summed E-state index contributed by atoms with van der Waals surface area (Å²) in [6.07, 6.45) is -4.13. The van der Waals surface area contributed by atoms with Crippen LogP contribution in [0.1, 0.15) is 24.8 Å². The van der Waals surface area contributed by atoms with Crippen LogP contribution >= 0.6 is 0 Å². The van der Waals surface area contributed by atoms with Crippen molar-refractivity contribution in [3.05, 3.63) is 29.8 Å². The lowest BCUT2D eigenvalue weighted by Gasteiger charge is -2.09. The third-order valence-corrected chi connectivity index (χ3v) is 3.00. The molecule has 0 aromatic heterocycles. The van der Waals surface area contributed by atoms with Crippen molar-refractivity contribution in [2.24, 2.45) is 5.92 Å². The zero-order chi connectivity index (χ0) is 12.6. The maximum absolute atomic E-state index is 11.9. The molecule has 0 saturated heterocycles. The van der Waals surface area contributed by atoms with Gasteiger partial charge in [0.1, 0.15) is 5.75 Å². The van der Waals surface area contributed by atoms with Crippen LogP contribution in [0.25, 0.3) is 0 Å². The topological polar surface area (TPSA) is 29.5 Å². The highest BCUT2D eigenvalue weighted by atomic mass is 19.4. The van der Waals surface area contributed by atoms with Crippen molar-refractivity contribution in [3.8, 4) is 5.75 Å². The standard InChI is InChI=1S/C12H13F3O2/c1-7(16)10-6-11(10)8-2-4-9(5-3-8)17-12(13,14)15/h2-5,7,10-11,16H,6H2,1H3/t7-,10+,11-/m1/s1. The van der Waals surface area contributed by atoms with Crippen molar-refractivity contribution in [2.45, 2.75) is 31.7 Å². The predicted molar refractivity (Wildman–Crippen MR) is 55.7 cm³/mol. The summed E-state index contributed by atoms with van der Waals surface area (Å²) in [5.74, 6) is 0.273. The molecule has 0 aliphatic heterocycles. The summed E-state index contributed by atoms with van der Waals surface area (Å²) < 4.78 is 39.6. The van der Waals surface area contributed by atoms with Gasteiger partial charge in [0.05, 0.1) is 6.10 Å². The van der Waals surface area contributed by atoms with Crippen LogP contribution in [0.5, 0.6) is 5.75 Å². The van der Waals surface area contributed by atoms with Gasteiger partial charge in [0.25, 0.3) is 0 Å². The van der Waals surface area contributed by atoms with Gasteiger partial charge < -0.3 is 9.84 Å². The van der Waals surface area contributed by atoms with E-state index in [2.05, 4.69) is 4.74 Å². The Kier molecular flexibility index (Phi) is 3.03. The van der Waals surface area contributed by atoms with Crippen molar-refractivity contribution in [2.75, 3.05) is 0 Å². The second kappa shape index (κ2) is 4.22. The molecular weight excluding hydrogens is 233 g/mol. The van der Waals surface area contributed by atoms with Gasteiger partial charge in [-0.05, 0) is 42.9 Å². The summed E-state index contributed by atoms with van der Waals surface area (Å²) in [6, 6.07) is 5.85. The number of hydrogen-bond donors (Lipinski definition) is 1. The molecule has 94 valence electrons. The van der Waals surface area contributed by atoms with Crippen molar-refractivity contribution < 1.29 is 23.0 Å². The van der Waals surface area contributed by atoms with Gasteiger partial charge in [-0.25, -0.2) is 0 Å². The molecular formula is C12H13F3O2. The quantitative estimate of drug-likeness (QED) is 0.888. The molecule has 0 spiro atoms. The first-order chi connectivity index (χ1) is 7.87. The second-order valence-corrected chi connectivity index (χ2v) is 4.36. The minimum atomic E-state index is -4.65. The highest BCUT2D eigenvalue weighted by Gasteiger charge is 2.41. The molecule has 3 atom stereocenters. The Hall–Kier alpha value is -1.23. The highest BCUT2D eigenvalue weighted by Crippen LogP contribution is 2.49. The molecule has 2 nitrogen and oxygen atoms in total. The molecule has 1 fully saturated rings. The Bertz CT molecular complexity index is 384. The van der Waals surface area contributed by atoms with Crippen LogP contribution in [0.3, 0.4) is 0 Å². The second-order valence-electron chi connectivity index (χ2n) is 4.36. The van der Waals surface area contributed by atoms with Gasteiger partial charge in [-0.15, -0.1) is 13.2 Å². The van der Waals surface area contributed by atoms with E-state index in [-0.39, 0.29) is 23.7 Å². The molecule has 1 N–H and O–H groups in total. The lowest BCUT2D eigenvalue weighted by Crippen LogP contribution is -2.17. The number of ether oxygens (including phenoxy) is 1. The number of rotatable bonds is 3. The SMILES string of the molecule is C[C@@H](O)[C@@H]1C[C@@H]1c1ccc(OC(F)(F)F)cc1. The summed E-state index contributed by atoms with van der Waals surface area (Å²) in [5.41, 5.74) is 0.949. The molecule has 0 bridgehead atoms. The molecule has 17 heavy (non-hydrogen) atoms. The summed E-state index contributed by atoms with van der Waals surface area (Å²) in [5, 5.41) is 9.36. The number of aliphatic hydroxyl groups excluding tert-OH is 1. The minimum Gasteiger partial charge on any atom is -0.406 e. The first-order valence-corrected chi connectivity index (χ1v) is 5.40. The van der Waals surface area contributed by atoms with Crippen molar-refractivity contribution in [1.82, 2.24) is 0 Å². The van der Waals surface area contributed by atoms with E-state index in [4.69, 9.17) is 0 Å². The fraction of sp³-hybridized carbons (Fsp3) is 0.500. The fourth-order valence-corrected chi connectivity index (χ4v) is 2.05. The van der Waals surface area contributed by atoms with Gasteiger partial charge in [0.2, 0.25) is 0 Å². The molecule has 1 saturated carbocycles. The van der Waals surface area contributed by atoms with Crippen LogP contribution in [0.15, 0.2) is 24.3 Å². The van der Waals surface area contributed by atoms with Crippen molar-refractivity contribution >= 4 is 0 Å². The van der Waals surface area contributed by atoms with Crippen LogP contribution in [-0.2, 0) is 0 Å². The van der Waals surface area contributed by atoms with E-state index in [0.717, 1.165) is 12.0 Å². The number of halogens is 3. The van der Waals surface area contributed by atoms with E-state index in [9.17, 15) is 18.3 Å². The molecule has 1 aliphatic rings. The fourth-order valence-electron chi connectivity index (χ4n) is 2.05. The third kappa shape index (κ3) is 3.12. The van der Waals surface area contributed by atoms with Gasteiger partial charge in [0, 0.05) is 0 Å². The average Bonchev–Trinajstić information content (AvgIpc) is 2.96. The first-order valence-electron chi connectivity index (χ1n) is 5.40. The highest BCUT2D eigenvalue weighted by molar-refractivity contribution is 5.33. The Morgan fingerprint density at radius 2 is 1.88 bits per heavy atom. The van der Waals surface area contributed by atoms with E-state index < -0.39 is 6.36 Å². The molecule has 1 aromatic rings. The van der Waals surface area contributed by atoms with Crippen LogP contribution in [-0.4, -0.2) is 17.6 Å². The lowest BCUT2D eigenvalue weighted by atomic mass is 10.1. The maximum atomic E-state index is 11.9. The first kappa shape index (κ1) is 12.2. The van der Waals surface area contributed by atoms with E-state index in [1.54, 1.807) is 19.1 Å². The zero-order valence-electron chi connectivity index (χ0n) is 9.24. The van der Waals surface area contributed by atoms with Gasteiger partial charge in [-0.1, -0.05) is 12.1 Å². The smallest absolute Gasteiger partial charge is 0.406 e. The number of aliphatic hydroxyl groups is 1. The monoisotopic (exact) mass is 246 g/mol. The minimum absolute atomic E-state index is 0.213. The van der Waals surface area contributed by atoms with Gasteiger partial charge >= 0.3 is 6.36 Å². The van der Waals surface area contributed by atoms with Crippen LogP contribution < -0.4 is 4.74 Å². The summed E-state index contributed by atoms with van der Waals surface area (Å²) in [7, 11) is 0. The number of alkyl halides is 3. The molecule has 0 heterocycles. The molecule has 5 heteroatoms. The third-order valence-electron chi connectivity index (χ3n) is 3.00. The molecule has 1 aliphatic carbocycles. The zero-order valence-corrected chi connectivity index (χ0v) is 9.24. The summed E-state index contributed by atoms with van der Waals surface area (Å²) in [4.78, 5) is 0. The van der Waals surface area contributed by atoms with E-state index in [0.29, 0.717) is 0 Å². The summed E-state index contributed by atoms with van der Waals surface area (Å²) in [6.45, 7) is 1.73. The molecule has 0 radical (unpaired) electrons. The lowest BCUT2D eigenvalue weighted by molar-refractivity contribution is -0.274. The summed E-state index contributed by atoms with van der Waals surface area (Å²) >= 11 is 0. The Morgan fingerprint density at radius 1 is 1.29 bits per heavy atom. The van der Waals surface area contributed by atoms with Crippen LogP contribution in [0.2, 0.25) is 0 Å². The van der Waals surface area contributed by atoms with E-state index in [1.165, 1.54) is 12.1 Å². The predicted octanol–water partition coefficient (Wildman–Crippen LogP) is 3.07. The average molecular weight is 246 g/mol. The van der Waals surface area contributed by atoms with Gasteiger partial charge in [0.15, 0.2) is 0 Å². The van der Waals surface area contributed by atoms with Crippen molar-refractivity contribution in [3.63, 3.8) is 0 Å². The molecule has 2 rings (SSSR count). The largest absolute Gasteiger partial charge is 0.573 e. The Morgan fingerprint density at radius 3 is 2.29 bits per heavy atom. The maximum Gasteiger partial charge on any atom is 0.573 e. The normalized spacial score (nSPS) is 25.5.